The van der Waals surface area contributed by atoms with Gasteiger partial charge in [0.2, 0.25) is 5.91 Å². The lowest BCUT2D eigenvalue weighted by molar-refractivity contribution is -0.144. The first-order chi connectivity index (χ1) is 9.35. The first-order valence-electron chi connectivity index (χ1n) is 7.35. The lowest BCUT2D eigenvalue weighted by Gasteiger charge is -2.28. The van der Waals surface area contributed by atoms with Gasteiger partial charge in [-0.2, -0.15) is 0 Å². The van der Waals surface area contributed by atoms with Crippen molar-refractivity contribution in [2.75, 3.05) is 20.3 Å². The van der Waals surface area contributed by atoms with Gasteiger partial charge in [-0.15, -0.1) is 0 Å². The summed E-state index contributed by atoms with van der Waals surface area (Å²) in [6, 6.07) is 0. The lowest BCUT2D eigenvalue weighted by Crippen LogP contribution is -2.39. The van der Waals surface area contributed by atoms with Gasteiger partial charge < -0.3 is 15.2 Å². The molecule has 0 saturated heterocycles. The molecule has 0 aliphatic heterocycles. The summed E-state index contributed by atoms with van der Waals surface area (Å²) < 4.78 is 5.07. The predicted molar refractivity (Wildman–Crippen MR) is 76.4 cm³/mol. The number of aliphatic carboxylic acids is 1. The number of hydrogen-bond donors (Lipinski definition) is 2. The van der Waals surface area contributed by atoms with E-state index in [9.17, 15) is 9.59 Å². The molecule has 1 aliphatic rings. The fourth-order valence-electron chi connectivity index (χ4n) is 2.54. The maximum Gasteiger partial charge on any atom is 0.306 e. The summed E-state index contributed by atoms with van der Waals surface area (Å²) in [6.07, 6.45) is 3.49. The van der Waals surface area contributed by atoms with E-state index in [0.717, 1.165) is 6.42 Å². The minimum absolute atomic E-state index is 0.0178. The molecule has 0 unspecified atom stereocenters. The van der Waals surface area contributed by atoms with Crippen LogP contribution in [0.2, 0.25) is 0 Å². The Balaban J connectivity index is 2.32. The summed E-state index contributed by atoms with van der Waals surface area (Å²) in [5, 5.41) is 11.9. The highest BCUT2D eigenvalue weighted by atomic mass is 16.5. The molecular formula is C15H27NO4. The first kappa shape index (κ1) is 17.0. The van der Waals surface area contributed by atoms with Crippen LogP contribution in [-0.2, 0) is 14.3 Å². The van der Waals surface area contributed by atoms with Crippen molar-refractivity contribution in [1.82, 2.24) is 5.32 Å². The van der Waals surface area contributed by atoms with Crippen LogP contribution in [-0.4, -0.2) is 37.2 Å². The molecule has 0 bridgehead atoms. The molecule has 1 aliphatic carbocycles. The molecule has 1 amide bonds. The van der Waals surface area contributed by atoms with Crippen LogP contribution in [0.3, 0.4) is 0 Å². The smallest absolute Gasteiger partial charge is 0.306 e. The summed E-state index contributed by atoms with van der Waals surface area (Å²) in [4.78, 5) is 23.0. The third kappa shape index (κ3) is 5.49. The van der Waals surface area contributed by atoms with Crippen molar-refractivity contribution < 1.29 is 19.4 Å². The van der Waals surface area contributed by atoms with Crippen LogP contribution < -0.4 is 5.32 Å². The van der Waals surface area contributed by atoms with E-state index in [-0.39, 0.29) is 23.2 Å². The second kappa shape index (κ2) is 7.62. The summed E-state index contributed by atoms with van der Waals surface area (Å²) >= 11 is 0. The Hall–Kier alpha value is -1.10. The number of nitrogens with one attached hydrogen (secondary N) is 1. The van der Waals surface area contributed by atoms with Gasteiger partial charge in [0, 0.05) is 26.2 Å². The van der Waals surface area contributed by atoms with Crippen molar-refractivity contribution in [2.24, 2.45) is 17.3 Å². The zero-order valence-electron chi connectivity index (χ0n) is 12.8. The summed E-state index contributed by atoms with van der Waals surface area (Å²) in [7, 11) is 1.68. The summed E-state index contributed by atoms with van der Waals surface area (Å²) in [5.74, 6) is -0.954. The Morgan fingerprint density at radius 3 is 2.25 bits per heavy atom. The normalized spacial score (nSPS) is 23.4. The molecule has 5 heteroatoms. The number of carboxylic acids is 1. The van der Waals surface area contributed by atoms with Gasteiger partial charge in [0.05, 0.1) is 5.92 Å². The minimum Gasteiger partial charge on any atom is -0.481 e. The van der Waals surface area contributed by atoms with Gasteiger partial charge in [-0.1, -0.05) is 13.8 Å². The van der Waals surface area contributed by atoms with Crippen molar-refractivity contribution in [3.8, 4) is 0 Å². The van der Waals surface area contributed by atoms with Crippen LogP contribution in [0, 0.1) is 17.3 Å². The molecule has 1 saturated carbocycles. The zero-order valence-corrected chi connectivity index (χ0v) is 12.8. The molecule has 20 heavy (non-hydrogen) atoms. The Labute approximate surface area is 121 Å². The highest BCUT2D eigenvalue weighted by molar-refractivity contribution is 5.79. The van der Waals surface area contributed by atoms with E-state index in [1.54, 1.807) is 7.11 Å². The number of ether oxygens (including phenoxy) is 1. The number of carboxylic acid groups (broad SMARTS) is 1. The van der Waals surface area contributed by atoms with Gasteiger partial charge in [0.1, 0.15) is 0 Å². The zero-order chi connectivity index (χ0) is 15.2. The van der Waals surface area contributed by atoms with Gasteiger partial charge >= 0.3 is 5.97 Å². The second-order valence-corrected chi connectivity index (χ2v) is 6.51. The van der Waals surface area contributed by atoms with Gasteiger partial charge in [0.25, 0.3) is 0 Å². The number of carbonyl (C=O) groups excluding carboxylic acids is 1. The van der Waals surface area contributed by atoms with E-state index in [4.69, 9.17) is 9.84 Å². The van der Waals surface area contributed by atoms with Crippen LogP contribution >= 0.6 is 0 Å². The molecule has 2 N–H and O–H groups in total. The quantitative estimate of drug-likeness (QED) is 0.750. The maximum atomic E-state index is 12.1. The van der Waals surface area contributed by atoms with E-state index >= 15 is 0 Å². The molecule has 5 nitrogen and oxygen atoms in total. The highest BCUT2D eigenvalue weighted by Gasteiger charge is 2.30. The summed E-state index contributed by atoms with van der Waals surface area (Å²) in [6.45, 7) is 5.53. The predicted octanol–water partition coefficient (Wildman–Crippen LogP) is 2.06. The van der Waals surface area contributed by atoms with Crippen molar-refractivity contribution >= 4 is 11.9 Å². The number of methoxy groups -OCH3 is 1. The Morgan fingerprint density at radius 2 is 1.75 bits per heavy atom. The molecule has 0 atom stereocenters. The number of carbonyl (C=O) groups is 2. The maximum absolute atomic E-state index is 12.1. The molecule has 0 heterocycles. The Bertz CT molecular complexity index is 333. The molecule has 0 aromatic rings. The van der Waals surface area contributed by atoms with Gasteiger partial charge in [-0.05, 0) is 37.5 Å². The van der Waals surface area contributed by atoms with E-state index in [1.165, 1.54) is 0 Å². The minimum atomic E-state index is -0.732. The molecule has 0 spiro atoms. The van der Waals surface area contributed by atoms with E-state index < -0.39 is 5.97 Å². The number of rotatable bonds is 7. The monoisotopic (exact) mass is 285 g/mol. The largest absolute Gasteiger partial charge is 0.481 e. The standard InChI is InChI=1S/C15H27NO4/c1-15(2,8-9-20-3)10-16-13(17)11-4-6-12(7-5-11)14(18)19/h11-12H,4-10H2,1-3H3,(H,16,17)(H,18,19). The second-order valence-electron chi connectivity index (χ2n) is 6.51. The average Bonchev–Trinajstić information content (AvgIpc) is 2.43. The molecular weight excluding hydrogens is 258 g/mol. The van der Waals surface area contributed by atoms with E-state index in [1.807, 2.05) is 0 Å². The molecule has 0 aromatic carbocycles. The fourth-order valence-corrected chi connectivity index (χ4v) is 2.54. The lowest BCUT2D eigenvalue weighted by atomic mass is 9.81. The van der Waals surface area contributed by atoms with Crippen LogP contribution in [0.15, 0.2) is 0 Å². The van der Waals surface area contributed by atoms with Crippen molar-refractivity contribution in [1.29, 1.82) is 0 Å². The van der Waals surface area contributed by atoms with Crippen molar-refractivity contribution in [2.45, 2.75) is 46.0 Å². The molecule has 1 fully saturated rings. The Morgan fingerprint density at radius 1 is 1.20 bits per heavy atom. The summed E-state index contributed by atoms with van der Waals surface area (Å²) in [5.41, 5.74) is 0.0178. The van der Waals surface area contributed by atoms with Gasteiger partial charge in [-0.3, -0.25) is 9.59 Å². The van der Waals surface area contributed by atoms with E-state index in [2.05, 4.69) is 19.2 Å². The van der Waals surface area contributed by atoms with Gasteiger partial charge in [-0.25, -0.2) is 0 Å². The Kier molecular flexibility index (Phi) is 6.46. The molecule has 0 aromatic heterocycles. The third-order valence-electron chi connectivity index (χ3n) is 4.17. The number of hydrogen-bond acceptors (Lipinski definition) is 3. The third-order valence-corrected chi connectivity index (χ3v) is 4.17. The first-order valence-corrected chi connectivity index (χ1v) is 7.35. The topological polar surface area (TPSA) is 75.6 Å². The number of amides is 1. The van der Waals surface area contributed by atoms with Crippen molar-refractivity contribution in [3.05, 3.63) is 0 Å². The average molecular weight is 285 g/mol. The van der Waals surface area contributed by atoms with Gasteiger partial charge in [0.15, 0.2) is 0 Å². The van der Waals surface area contributed by atoms with Crippen LogP contribution in [0.25, 0.3) is 0 Å². The molecule has 0 radical (unpaired) electrons. The van der Waals surface area contributed by atoms with Crippen molar-refractivity contribution in [3.63, 3.8) is 0 Å². The van der Waals surface area contributed by atoms with Crippen LogP contribution in [0.1, 0.15) is 46.0 Å². The molecule has 1 rings (SSSR count). The van der Waals surface area contributed by atoms with E-state index in [0.29, 0.717) is 38.8 Å². The van der Waals surface area contributed by atoms with Crippen LogP contribution in [0.4, 0.5) is 0 Å². The van der Waals surface area contributed by atoms with Crippen LogP contribution in [0.5, 0.6) is 0 Å². The molecule has 116 valence electrons. The fraction of sp³-hybridized carbons (Fsp3) is 0.867. The highest BCUT2D eigenvalue weighted by Crippen LogP contribution is 2.29. The SMILES string of the molecule is COCCC(C)(C)CNC(=O)C1CCC(C(=O)O)CC1.